The Morgan fingerprint density at radius 2 is 0.562 bits per heavy atom. The zero-order valence-corrected chi connectivity index (χ0v) is 40.0. The molecule has 9 aromatic rings. The van der Waals surface area contributed by atoms with Crippen LogP contribution in [0.5, 0.6) is 57.5 Å². The number of nitrogens with zero attached hydrogens (tertiary/aromatic N) is 2. The van der Waals surface area contributed by atoms with Gasteiger partial charge in [-0.2, -0.15) is 0 Å². The van der Waals surface area contributed by atoms with Gasteiger partial charge in [-0.1, -0.05) is 0 Å². The van der Waals surface area contributed by atoms with E-state index in [-0.39, 0.29) is 11.4 Å². The number of hydrogen-bond acceptors (Lipinski definition) is 12. The van der Waals surface area contributed by atoms with Gasteiger partial charge < -0.3 is 0 Å². The Labute approximate surface area is 372 Å². The van der Waals surface area contributed by atoms with Crippen LogP contribution in [-0.2, 0) is 0 Å². The van der Waals surface area contributed by atoms with Crippen molar-refractivity contribution in [2.24, 2.45) is 0 Å². The van der Waals surface area contributed by atoms with Crippen molar-refractivity contribution in [2.75, 3.05) is 9.80 Å². The summed E-state index contributed by atoms with van der Waals surface area (Å²) in [5.41, 5.74) is 1.23. The second-order valence-corrected chi connectivity index (χ2v) is 39.5. The van der Waals surface area contributed by atoms with Gasteiger partial charge in [-0.05, 0) is 0 Å². The van der Waals surface area contributed by atoms with Crippen molar-refractivity contribution in [2.45, 2.75) is 34.5 Å². The van der Waals surface area contributed by atoms with E-state index in [1.165, 1.54) is 8.79 Å². The molecule has 0 spiro atoms. The average molecular weight is 980 g/mol. The summed E-state index contributed by atoms with van der Waals surface area (Å²) in [7, 11) is 0. The van der Waals surface area contributed by atoms with Crippen LogP contribution in [0.3, 0.4) is 0 Å². The van der Waals surface area contributed by atoms with Crippen LogP contribution in [0, 0.1) is 0 Å². The second-order valence-electron chi connectivity index (χ2n) is 18.2. The van der Waals surface area contributed by atoms with Gasteiger partial charge in [0.15, 0.2) is 0 Å². The van der Waals surface area contributed by atoms with Crippen molar-refractivity contribution in [3.63, 3.8) is 0 Å². The summed E-state index contributed by atoms with van der Waals surface area (Å²) >= 11 is -4.63. The van der Waals surface area contributed by atoms with Crippen LogP contribution in [0.25, 0.3) is 43.1 Å². The quantitative estimate of drug-likeness (QED) is 0.0227. The van der Waals surface area contributed by atoms with Gasteiger partial charge in [0.1, 0.15) is 0 Å². The SMILES string of the molecule is [CH3][Ge]([CH3])([CH3])[c]1ccc(N(c2c(O)c(O)c(O)c(O)c2O)c2ccc3c4cccc5c(N(c6cc[c]([Ge]([CH3])([CH3])[CH3])cc6)c6c(O)c(O)c(O)c(O)c6O)ccc(c6cccc2c63)c54)cc1. The molecule has 0 bridgehead atoms. The van der Waals surface area contributed by atoms with Gasteiger partial charge in [-0.25, -0.2) is 0 Å². The minimum absolute atomic E-state index is 0.349. The first-order valence-corrected chi connectivity index (χ1v) is 35.2. The number of aromatic hydroxyl groups is 10. The normalized spacial score (nSPS) is 12.2. The van der Waals surface area contributed by atoms with Crippen LogP contribution in [-0.4, -0.2) is 77.6 Å². The zero-order valence-electron chi connectivity index (χ0n) is 35.8. The van der Waals surface area contributed by atoms with Gasteiger partial charge >= 0.3 is 375 Å². The third-order valence-electron chi connectivity index (χ3n) is 12.2. The summed E-state index contributed by atoms with van der Waals surface area (Å²) in [5, 5.41) is 116. The van der Waals surface area contributed by atoms with E-state index in [0.29, 0.717) is 33.5 Å². The summed E-state index contributed by atoms with van der Waals surface area (Å²) in [6.45, 7) is 0. The van der Waals surface area contributed by atoms with Gasteiger partial charge in [0.2, 0.25) is 0 Å². The molecule has 0 aliphatic heterocycles. The van der Waals surface area contributed by atoms with Crippen molar-refractivity contribution in [1.82, 2.24) is 0 Å². The van der Waals surface area contributed by atoms with Crippen molar-refractivity contribution < 1.29 is 51.1 Å². The van der Waals surface area contributed by atoms with Crippen molar-refractivity contribution in [1.29, 1.82) is 0 Å². The molecule has 0 aromatic heterocycles. The van der Waals surface area contributed by atoms with Gasteiger partial charge in [0.25, 0.3) is 0 Å². The fourth-order valence-electron chi connectivity index (χ4n) is 8.84. The van der Waals surface area contributed by atoms with Gasteiger partial charge in [-0.3, -0.25) is 0 Å². The molecule has 0 fully saturated rings. The molecule has 0 amide bonds. The third-order valence-corrected chi connectivity index (χ3v) is 20.9. The van der Waals surface area contributed by atoms with Crippen LogP contribution < -0.4 is 18.6 Å². The first-order valence-electron chi connectivity index (χ1n) is 20.5. The van der Waals surface area contributed by atoms with Crippen LogP contribution in [0.15, 0.2) is 109 Å². The molecule has 0 heterocycles. The van der Waals surface area contributed by atoms with Gasteiger partial charge in [0.05, 0.1) is 0 Å². The summed E-state index contributed by atoms with van der Waals surface area (Å²) in [6.07, 6.45) is 0. The molecule has 9 rings (SSSR count). The summed E-state index contributed by atoms with van der Waals surface area (Å²) in [4.78, 5) is 3.08. The van der Waals surface area contributed by atoms with E-state index in [4.69, 9.17) is 0 Å². The van der Waals surface area contributed by atoms with Gasteiger partial charge in [0, 0.05) is 0 Å². The maximum atomic E-state index is 11.4. The van der Waals surface area contributed by atoms with E-state index in [2.05, 4.69) is 34.5 Å². The molecule has 0 unspecified atom stereocenters. The average Bonchev–Trinajstić information content (AvgIpc) is 3.28. The molecule has 0 aliphatic carbocycles. The third kappa shape index (κ3) is 6.33. The van der Waals surface area contributed by atoms with E-state index in [9.17, 15) is 51.1 Å². The molecule has 0 saturated heterocycles. The van der Waals surface area contributed by atoms with Crippen LogP contribution in [0.1, 0.15) is 0 Å². The Kier molecular flexibility index (Phi) is 9.76. The molecule has 0 saturated carbocycles. The van der Waals surface area contributed by atoms with Gasteiger partial charge in [-0.15, -0.1) is 0 Å². The number of phenols is 10. The molecule has 324 valence electrons. The van der Waals surface area contributed by atoms with E-state index >= 15 is 0 Å². The molecule has 0 aliphatic rings. The first-order chi connectivity index (χ1) is 30.2. The summed E-state index contributed by atoms with van der Waals surface area (Å²) in [6, 6.07) is 34.4. The minimum atomic E-state index is -2.32. The Bertz CT molecular complexity index is 3060. The fourth-order valence-corrected chi connectivity index (χ4v) is 13.7. The van der Waals surface area contributed by atoms with Crippen molar-refractivity contribution in [3.05, 3.63) is 109 Å². The second kappa shape index (κ2) is 14.8. The standard InChI is InChI=1S/C50H46Ge2N2O10/c1-51(2,3)25-13-17-27(18-14-25)53(39-41(55)45(59)49(63)46(60)42(39)56)35-23-21-31-30-10-8-12-34-36(24-22-32(38(30)34)29-9-7-11-33(35)37(29)31)54(28-19-15-26(16-20-28)52(4,5)6)40-43(57)47(61)50(64)48(62)44(40)58/h7-24,55-64H,1-6H3. The molecular formula is C50H46Ge2N2O10. The summed E-state index contributed by atoms with van der Waals surface area (Å²) < 4.78 is 2.39. The monoisotopic (exact) mass is 982 g/mol. The van der Waals surface area contributed by atoms with Crippen molar-refractivity contribution in [3.8, 4) is 57.5 Å². The number of phenolic OH excluding ortho intramolecular Hbond substituents is 10. The Hall–Kier alpha value is -7.03. The molecule has 64 heavy (non-hydrogen) atoms. The van der Waals surface area contributed by atoms with Crippen LogP contribution in [0.4, 0.5) is 34.1 Å². The predicted octanol–water partition coefficient (Wildman–Crippen LogP) is 10.8. The topological polar surface area (TPSA) is 209 Å². The Balaban J connectivity index is 1.34. The number of rotatable bonds is 8. The van der Waals surface area contributed by atoms with E-state index in [1.807, 2.05) is 109 Å². The maximum absolute atomic E-state index is 11.4. The summed E-state index contributed by atoms with van der Waals surface area (Å²) in [5.74, 6) is 4.02. The molecule has 12 nitrogen and oxygen atoms in total. The number of fused-ring (bicyclic) bond motifs is 2. The van der Waals surface area contributed by atoms with E-state index < -0.39 is 84.0 Å². The molecular weight excluding hydrogens is 934 g/mol. The number of anilines is 6. The molecule has 10 N–H and O–H groups in total. The fraction of sp³-hybridized carbons (Fsp3) is 0.120. The Morgan fingerprint density at radius 1 is 0.297 bits per heavy atom. The van der Waals surface area contributed by atoms with Crippen molar-refractivity contribution >= 4 is 113 Å². The number of benzene rings is 9. The molecule has 0 radical (unpaired) electrons. The molecule has 0 atom stereocenters. The van der Waals surface area contributed by atoms with Crippen LogP contribution in [0.2, 0.25) is 34.5 Å². The predicted molar refractivity (Wildman–Crippen MR) is 260 cm³/mol. The van der Waals surface area contributed by atoms with E-state index in [0.717, 1.165) is 32.3 Å². The van der Waals surface area contributed by atoms with Crippen LogP contribution >= 0.6 is 0 Å². The molecule has 9 aromatic carbocycles. The van der Waals surface area contributed by atoms with E-state index in [1.54, 1.807) is 9.80 Å². The Morgan fingerprint density at radius 3 is 0.859 bits per heavy atom. The molecule has 14 heteroatoms. The number of hydrogen-bond donors (Lipinski definition) is 10. The first kappa shape index (κ1) is 42.3. The zero-order chi connectivity index (χ0) is 45.9.